The molecule has 0 aliphatic heterocycles. The van der Waals surface area contributed by atoms with Crippen LogP contribution in [0.5, 0.6) is 0 Å². The molecule has 0 aliphatic rings. The molecule has 3 heteroatoms. The fraction of sp³-hybridized carbons (Fsp3) is 0.667. The van der Waals surface area contributed by atoms with E-state index in [1.54, 1.807) is 6.07 Å². The Bertz CT molecular complexity index is 414. The van der Waals surface area contributed by atoms with Crippen molar-refractivity contribution in [2.75, 3.05) is 18.0 Å². The van der Waals surface area contributed by atoms with E-state index in [0.717, 1.165) is 37.2 Å². The van der Waals surface area contributed by atoms with Gasteiger partial charge in [0.05, 0.1) is 5.69 Å². The van der Waals surface area contributed by atoms with Gasteiger partial charge in [-0.3, -0.25) is 0 Å². The molecule has 0 saturated carbocycles. The van der Waals surface area contributed by atoms with Gasteiger partial charge in [-0.15, -0.1) is 0 Å². The van der Waals surface area contributed by atoms with Crippen molar-refractivity contribution in [1.82, 2.24) is 5.32 Å². The van der Waals surface area contributed by atoms with Crippen molar-refractivity contribution >= 4 is 5.69 Å². The standard InChI is InChI=1S/C18H31FN2/c1-6-15(7-2)13-21(8-3)18-10-9-16(11-17(18)19)12-20-14(4)5/h9-11,14-15,20H,6-8,12-13H2,1-5H3. The van der Waals surface area contributed by atoms with Gasteiger partial charge in [0, 0.05) is 25.7 Å². The van der Waals surface area contributed by atoms with E-state index in [-0.39, 0.29) is 5.82 Å². The zero-order valence-electron chi connectivity index (χ0n) is 14.2. The predicted molar refractivity (Wildman–Crippen MR) is 90.3 cm³/mol. The summed E-state index contributed by atoms with van der Waals surface area (Å²) < 4.78 is 14.4. The Balaban J connectivity index is 2.80. The third-order valence-electron chi connectivity index (χ3n) is 4.08. The second-order valence-corrected chi connectivity index (χ2v) is 6.04. The van der Waals surface area contributed by atoms with Crippen LogP contribution in [0.4, 0.5) is 10.1 Å². The maximum atomic E-state index is 14.4. The first-order valence-corrected chi connectivity index (χ1v) is 8.28. The third kappa shape index (κ3) is 5.66. The highest BCUT2D eigenvalue weighted by molar-refractivity contribution is 5.49. The van der Waals surface area contributed by atoms with Gasteiger partial charge in [0.2, 0.25) is 0 Å². The number of anilines is 1. The lowest BCUT2D eigenvalue weighted by atomic mass is 10.0. The molecule has 0 bridgehead atoms. The first-order chi connectivity index (χ1) is 10.0. The van der Waals surface area contributed by atoms with Crippen molar-refractivity contribution in [2.45, 2.75) is 60.0 Å². The van der Waals surface area contributed by atoms with Crippen LogP contribution in [0.1, 0.15) is 53.0 Å². The second-order valence-electron chi connectivity index (χ2n) is 6.04. The van der Waals surface area contributed by atoms with Crippen LogP contribution >= 0.6 is 0 Å². The largest absolute Gasteiger partial charge is 0.369 e. The molecule has 0 spiro atoms. The fourth-order valence-corrected chi connectivity index (χ4v) is 2.50. The highest BCUT2D eigenvalue weighted by Crippen LogP contribution is 2.23. The summed E-state index contributed by atoms with van der Waals surface area (Å²) >= 11 is 0. The van der Waals surface area contributed by atoms with Gasteiger partial charge in [0.15, 0.2) is 0 Å². The second kappa shape index (κ2) is 9.04. The minimum atomic E-state index is -0.106. The smallest absolute Gasteiger partial charge is 0.146 e. The molecule has 0 fully saturated rings. The average molecular weight is 294 g/mol. The van der Waals surface area contributed by atoms with Gasteiger partial charge in [-0.1, -0.05) is 46.6 Å². The van der Waals surface area contributed by atoms with Gasteiger partial charge in [-0.25, -0.2) is 4.39 Å². The molecule has 2 nitrogen and oxygen atoms in total. The number of halogens is 1. The van der Waals surface area contributed by atoms with Crippen LogP contribution < -0.4 is 10.2 Å². The molecule has 0 heterocycles. The van der Waals surface area contributed by atoms with Crippen molar-refractivity contribution in [2.24, 2.45) is 5.92 Å². The summed E-state index contributed by atoms with van der Waals surface area (Å²) in [6, 6.07) is 6.04. The third-order valence-corrected chi connectivity index (χ3v) is 4.08. The summed E-state index contributed by atoms with van der Waals surface area (Å²) in [6.07, 6.45) is 2.29. The zero-order valence-corrected chi connectivity index (χ0v) is 14.2. The molecule has 1 aromatic carbocycles. The van der Waals surface area contributed by atoms with Crippen molar-refractivity contribution < 1.29 is 4.39 Å². The van der Waals surface area contributed by atoms with E-state index in [1.807, 2.05) is 12.1 Å². The van der Waals surface area contributed by atoms with Crippen LogP contribution in [0.2, 0.25) is 0 Å². The number of nitrogens with zero attached hydrogens (tertiary/aromatic N) is 1. The van der Waals surface area contributed by atoms with E-state index >= 15 is 0 Å². The van der Waals surface area contributed by atoms with Crippen LogP contribution in [0.25, 0.3) is 0 Å². The van der Waals surface area contributed by atoms with Crippen LogP contribution in [0.15, 0.2) is 18.2 Å². The first kappa shape index (κ1) is 18.0. The lowest BCUT2D eigenvalue weighted by Gasteiger charge is -2.28. The molecule has 21 heavy (non-hydrogen) atoms. The van der Waals surface area contributed by atoms with Crippen LogP contribution in [0, 0.1) is 11.7 Å². The molecule has 1 N–H and O–H groups in total. The Morgan fingerprint density at radius 1 is 1.14 bits per heavy atom. The Morgan fingerprint density at radius 3 is 2.29 bits per heavy atom. The molecule has 1 aromatic rings. The fourth-order valence-electron chi connectivity index (χ4n) is 2.50. The minimum absolute atomic E-state index is 0.106. The van der Waals surface area contributed by atoms with Gasteiger partial charge >= 0.3 is 0 Å². The summed E-state index contributed by atoms with van der Waals surface area (Å²) in [5, 5.41) is 3.32. The van der Waals surface area contributed by atoms with Crippen molar-refractivity contribution in [3.8, 4) is 0 Å². The van der Waals surface area contributed by atoms with Crippen LogP contribution in [0.3, 0.4) is 0 Å². The lowest BCUT2D eigenvalue weighted by Crippen LogP contribution is -2.30. The Hall–Kier alpha value is -1.09. The monoisotopic (exact) mass is 294 g/mol. The summed E-state index contributed by atoms with van der Waals surface area (Å²) in [4.78, 5) is 2.16. The van der Waals surface area contributed by atoms with Gasteiger partial charge in [0.1, 0.15) is 5.82 Å². The minimum Gasteiger partial charge on any atom is -0.369 e. The molecule has 0 atom stereocenters. The van der Waals surface area contributed by atoms with E-state index in [1.165, 1.54) is 0 Å². The molecule has 0 unspecified atom stereocenters. The molecule has 120 valence electrons. The van der Waals surface area contributed by atoms with Gasteiger partial charge in [-0.05, 0) is 30.5 Å². The Kier molecular flexibility index (Phi) is 7.73. The Morgan fingerprint density at radius 2 is 1.81 bits per heavy atom. The van der Waals surface area contributed by atoms with Gasteiger partial charge < -0.3 is 10.2 Å². The van der Waals surface area contributed by atoms with Gasteiger partial charge in [0.25, 0.3) is 0 Å². The number of benzene rings is 1. The first-order valence-electron chi connectivity index (χ1n) is 8.28. The molecule has 0 aliphatic carbocycles. The van der Waals surface area contributed by atoms with E-state index in [9.17, 15) is 4.39 Å². The van der Waals surface area contributed by atoms with Crippen LogP contribution in [-0.4, -0.2) is 19.1 Å². The number of hydrogen-bond acceptors (Lipinski definition) is 2. The zero-order chi connectivity index (χ0) is 15.8. The lowest BCUT2D eigenvalue weighted by molar-refractivity contribution is 0.481. The van der Waals surface area contributed by atoms with Crippen molar-refractivity contribution in [3.05, 3.63) is 29.6 Å². The van der Waals surface area contributed by atoms with E-state index in [2.05, 4.69) is 44.8 Å². The normalized spacial score (nSPS) is 11.4. The highest BCUT2D eigenvalue weighted by atomic mass is 19.1. The van der Waals surface area contributed by atoms with Crippen molar-refractivity contribution in [1.29, 1.82) is 0 Å². The predicted octanol–water partition coefficient (Wildman–Crippen LogP) is 4.59. The van der Waals surface area contributed by atoms with E-state index in [0.29, 0.717) is 18.5 Å². The molecule has 0 saturated heterocycles. The number of rotatable bonds is 9. The SMILES string of the molecule is CCC(CC)CN(CC)c1ccc(CNC(C)C)cc1F. The maximum absolute atomic E-state index is 14.4. The molecule has 0 aromatic heterocycles. The summed E-state index contributed by atoms with van der Waals surface area (Å²) in [5.41, 5.74) is 1.74. The summed E-state index contributed by atoms with van der Waals surface area (Å²) in [7, 11) is 0. The quantitative estimate of drug-likeness (QED) is 0.717. The Labute approximate surface area is 129 Å². The van der Waals surface area contributed by atoms with E-state index < -0.39 is 0 Å². The number of nitrogens with one attached hydrogen (secondary N) is 1. The molecular formula is C18H31FN2. The summed E-state index contributed by atoms with van der Waals surface area (Å²) in [6.45, 7) is 13.2. The number of hydrogen-bond donors (Lipinski definition) is 1. The topological polar surface area (TPSA) is 15.3 Å². The van der Waals surface area contributed by atoms with Crippen molar-refractivity contribution in [3.63, 3.8) is 0 Å². The molecular weight excluding hydrogens is 263 g/mol. The molecule has 0 radical (unpaired) electrons. The molecule has 0 amide bonds. The van der Waals surface area contributed by atoms with Crippen LogP contribution in [-0.2, 0) is 6.54 Å². The maximum Gasteiger partial charge on any atom is 0.146 e. The average Bonchev–Trinajstić information content (AvgIpc) is 2.47. The summed E-state index contributed by atoms with van der Waals surface area (Å²) in [5.74, 6) is 0.525. The molecule has 1 rings (SSSR count). The van der Waals surface area contributed by atoms with E-state index in [4.69, 9.17) is 0 Å². The van der Waals surface area contributed by atoms with Gasteiger partial charge in [-0.2, -0.15) is 0 Å². The highest BCUT2D eigenvalue weighted by Gasteiger charge is 2.14.